The van der Waals surface area contributed by atoms with Crippen LogP contribution in [0, 0.1) is 0 Å². The third kappa shape index (κ3) is 4.99. The highest BCUT2D eigenvalue weighted by molar-refractivity contribution is 5.87. The molecule has 1 atom stereocenters. The molecule has 0 amide bonds. The second-order valence-electron chi connectivity index (χ2n) is 3.01. The first-order valence-corrected chi connectivity index (χ1v) is 4.63. The van der Waals surface area contributed by atoms with Gasteiger partial charge in [0.1, 0.15) is 0 Å². The molecule has 4 heteroatoms. The van der Waals surface area contributed by atoms with Crippen molar-refractivity contribution < 1.29 is 9.53 Å². The van der Waals surface area contributed by atoms with Gasteiger partial charge in [0, 0.05) is 5.57 Å². The van der Waals surface area contributed by atoms with Gasteiger partial charge in [0.2, 0.25) is 0 Å². The molecule has 0 heterocycles. The second kappa shape index (κ2) is 7.53. The van der Waals surface area contributed by atoms with Gasteiger partial charge in [0.25, 0.3) is 0 Å². The van der Waals surface area contributed by atoms with Crippen LogP contribution in [0.25, 0.3) is 0 Å². The molecule has 0 radical (unpaired) electrons. The molecule has 84 valence electrons. The average molecular weight is 202 g/mol. The zero-order valence-electron chi connectivity index (χ0n) is 9.67. The topological polar surface area (TPSA) is 64.5 Å². The molecule has 0 aromatic carbocycles. The third-order valence-electron chi connectivity index (χ3n) is 1.95. The number of ether oxygens (including phenoxy) is 1. The van der Waals surface area contributed by atoms with Crippen molar-refractivity contribution in [3.05, 3.63) is 12.2 Å². The lowest BCUT2D eigenvalue weighted by atomic mass is 10.3. The van der Waals surface area contributed by atoms with Crippen molar-refractivity contribution in [2.75, 3.05) is 13.1 Å². The van der Waals surface area contributed by atoms with Crippen LogP contribution in [0.4, 0.5) is 0 Å². The zero-order chi connectivity index (χ0) is 10.4. The van der Waals surface area contributed by atoms with E-state index in [1.807, 2.05) is 20.8 Å². The van der Waals surface area contributed by atoms with Gasteiger partial charge < -0.3 is 10.9 Å². The number of carbonyl (C=O) groups is 1. The van der Waals surface area contributed by atoms with Gasteiger partial charge in [-0.1, -0.05) is 20.4 Å². The molecule has 0 rings (SSSR count). The van der Waals surface area contributed by atoms with Crippen LogP contribution in [0.15, 0.2) is 12.2 Å². The minimum absolute atomic E-state index is 0. The monoisotopic (exact) mass is 202 g/mol. The van der Waals surface area contributed by atoms with Crippen molar-refractivity contribution >= 4 is 5.97 Å². The van der Waals surface area contributed by atoms with E-state index in [0.717, 1.165) is 13.1 Å². The second-order valence-corrected chi connectivity index (χ2v) is 3.01. The Morgan fingerprint density at radius 3 is 2.14 bits per heavy atom. The molecule has 3 N–H and O–H groups in total. The summed E-state index contributed by atoms with van der Waals surface area (Å²) in [5.74, 6) is -0.320. The molecule has 1 unspecified atom stereocenters. The first kappa shape index (κ1) is 15.6. The smallest absolute Gasteiger partial charge is 0.334 e. The van der Waals surface area contributed by atoms with Gasteiger partial charge in [0.05, 0.1) is 0 Å². The quantitative estimate of drug-likeness (QED) is 0.420. The third-order valence-corrected chi connectivity index (χ3v) is 1.95. The number of rotatable bonds is 5. The Morgan fingerprint density at radius 2 is 1.86 bits per heavy atom. The summed E-state index contributed by atoms with van der Waals surface area (Å²) in [6.45, 7) is 12.9. The Hall–Kier alpha value is -0.870. The molecular weight excluding hydrogens is 180 g/mol. The van der Waals surface area contributed by atoms with Gasteiger partial charge >= 0.3 is 5.97 Å². The van der Waals surface area contributed by atoms with E-state index in [1.165, 1.54) is 0 Å². The number of hydrogen-bond donors (Lipinski definition) is 1. The Balaban J connectivity index is 0. The number of nitrogens with zero attached hydrogens (tertiary/aromatic N) is 1. The summed E-state index contributed by atoms with van der Waals surface area (Å²) < 4.78 is 5.14. The molecule has 0 fully saturated rings. The first-order chi connectivity index (χ1) is 6.02. The van der Waals surface area contributed by atoms with Crippen LogP contribution in [0.2, 0.25) is 0 Å². The van der Waals surface area contributed by atoms with Crippen LogP contribution in [0.5, 0.6) is 0 Å². The molecule has 0 aliphatic rings. The van der Waals surface area contributed by atoms with Crippen LogP contribution in [-0.2, 0) is 9.53 Å². The predicted octanol–water partition coefficient (Wildman–Crippen LogP) is 1.96. The standard InChI is InChI=1S/C10H19NO2.H3N/c1-6-11(7-2)9(5)13-10(12)8(3)4;/h9H,3,6-7H2,1-2,4-5H3;1H3. The van der Waals surface area contributed by atoms with Gasteiger partial charge in [0.15, 0.2) is 6.23 Å². The molecular formula is C10H22N2O2. The lowest BCUT2D eigenvalue weighted by molar-refractivity contribution is -0.152. The fraction of sp³-hybridized carbons (Fsp3) is 0.700. The summed E-state index contributed by atoms with van der Waals surface area (Å²) in [5, 5.41) is 0. The zero-order valence-corrected chi connectivity index (χ0v) is 9.67. The minimum Gasteiger partial charge on any atom is -0.443 e. The molecule has 0 saturated carbocycles. The lowest BCUT2D eigenvalue weighted by Gasteiger charge is -2.25. The first-order valence-electron chi connectivity index (χ1n) is 4.63. The average Bonchev–Trinajstić information content (AvgIpc) is 2.06. The van der Waals surface area contributed by atoms with E-state index in [2.05, 4.69) is 11.5 Å². The number of esters is 1. The van der Waals surface area contributed by atoms with Crippen molar-refractivity contribution in [1.29, 1.82) is 0 Å². The molecule has 14 heavy (non-hydrogen) atoms. The summed E-state index contributed by atoms with van der Waals surface area (Å²) in [6.07, 6.45) is -0.167. The molecule has 0 aromatic heterocycles. The van der Waals surface area contributed by atoms with Crippen molar-refractivity contribution in [2.24, 2.45) is 0 Å². The van der Waals surface area contributed by atoms with Crippen LogP contribution in [0.1, 0.15) is 27.7 Å². The van der Waals surface area contributed by atoms with E-state index in [9.17, 15) is 4.79 Å². The van der Waals surface area contributed by atoms with E-state index < -0.39 is 0 Å². The molecule has 0 spiro atoms. The summed E-state index contributed by atoms with van der Waals surface area (Å²) >= 11 is 0. The van der Waals surface area contributed by atoms with Crippen molar-refractivity contribution in [3.8, 4) is 0 Å². The van der Waals surface area contributed by atoms with E-state index in [1.54, 1.807) is 6.92 Å². The lowest BCUT2D eigenvalue weighted by Crippen LogP contribution is -2.36. The van der Waals surface area contributed by atoms with E-state index in [-0.39, 0.29) is 18.3 Å². The van der Waals surface area contributed by atoms with Crippen LogP contribution >= 0.6 is 0 Å². The molecule has 0 aromatic rings. The minimum atomic E-state index is -0.320. The molecule has 0 aliphatic carbocycles. The van der Waals surface area contributed by atoms with Crippen LogP contribution in [-0.4, -0.2) is 30.2 Å². The molecule has 0 saturated heterocycles. The SMILES string of the molecule is C=C(C)C(=O)OC(C)N(CC)CC.N. The fourth-order valence-electron chi connectivity index (χ4n) is 1.07. The highest BCUT2D eigenvalue weighted by atomic mass is 16.6. The van der Waals surface area contributed by atoms with Crippen molar-refractivity contribution in [2.45, 2.75) is 33.9 Å². The van der Waals surface area contributed by atoms with Gasteiger partial charge in [-0.2, -0.15) is 0 Å². The van der Waals surface area contributed by atoms with Crippen LogP contribution < -0.4 is 6.15 Å². The Kier molecular flexibility index (Phi) is 8.38. The van der Waals surface area contributed by atoms with Crippen LogP contribution in [0.3, 0.4) is 0 Å². The van der Waals surface area contributed by atoms with Gasteiger partial charge in [-0.3, -0.25) is 4.90 Å². The largest absolute Gasteiger partial charge is 0.443 e. The van der Waals surface area contributed by atoms with E-state index in [4.69, 9.17) is 4.74 Å². The van der Waals surface area contributed by atoms with Gasteiger partial charge in [-0.15, -0.1) is 0 Å². The summed E-state index contributed by atoms with van der Waals surface area (Å²) in [7, 11) is 0. The summed E-state index contributed by atoms with van der Waals surface area (Å²) in [6, 6.07) is 0. The van der Waals surface area contributed by atoms with E-state index in [0.29, 0.717) is 5.57 Å². The maximum absolute atomic E-state index is 11.1. The summed E-state index contributed by atoms with van der Waals surface area (Å²) in [5.41, 5.74) is 0.444. The number of carbonyl (C=O) groups excluding carboxylic acids is 1. The molecule has 0 bridgehead atoms. The summed E-state index contributed by atoms with van der Waals surface area (Å²) in [4.78, 5) is 13.2. The Bertz CT molecular complexity index is 189. The Labute approximate surface area is 86.5 Å². The predicted molar refractivity (Wildman–Crippen MR) is 58.3 cm³/mol. The highest BCUT2D eigenvalue weighted by Crippen LogP contribution is 2.03. The molecule has 4 nitrogen and oxygen atoms in total. The maximum Gasteiger partial charge on any atom is 0.334 e. The van der Waals surface area contributed by atoms with Gasteiger partial charge in [-0.25, -0.2) is 4.79 Å². The fourth-order valence-corrected chi connectivity index (χ4v) is 1.07. The van der Waals surface area contributed by atoms with E-state index >= 15 is 0 Å². The normalized spacial score (nSPS) is 11.8. The molecule has 0 aliphatic heterocycles. The Morgan fingerprint density at radius 1 is 1.43 bits per heavy atom. The van der Waals surface area contributed by atoms with Crippen molar-refractivity contribution in [3.63, 3.8) is 0 Å². The highest BCUT2D eigenvalue weighted by Gasteiger charge is 2.14. The number of hydrogen-bond acceptors (Lipinski definition) is 4. The maximum atomic E-state index is 11.1. The van der Waals surface area contributed by atoms with Gasteiger partial charge in [-0.05, 0) is 26.9 Å². The van der Waals surface area contributed by atoms with Crippen molar-refractivity contribution in [1.82, 2.24) is 11.1 Å².